The van der Waals surface area contributed by atoms with Gasteiger partial charge in [-0.25, -0.2) is 9.71 Å². The normalized spacial score (nSPS) is 16.0. The van der Waals surface area contributed by atoms with Crippen molar-refractivity contribution in [3.05, 3.63) is 30.1 Å². The monoisotopic (exact) mass is 280 g/mol. The molecule has 3 rings (SSSR count). The Hall–Kier alpha value is -1.44. The fraction of sp³-hybridized carbons (Fsp3) is 0.417. The van der Waals surface area contributed by atoms with Gasteiger partial charge >= 0.3 is 0 Å². The molecule has 1 aromatic carbocycles. The van der Waals surface area contributed by atoms with Crippen molar-refractivity contribution in [3.8, 4) is 0 Å². The zero-order valence-electron chi connectivity index (χ0n) is 10.4. The summed E-state index contributed by atoms with van der Waals surface area (Å²) in [6.07, 6.45) is 2.41. The maximum atomic E-state index is 11.6. The molecule has 0 radical (unpaired) electrons. The molecule has 0 spiro atoms. The number of nitrogens with one attached hydrogen (secondary N) is 3. The molecule has 102 valence electrons. The molecule has 0 saturated heterocycles. The molecule has 1 saturated carbocycles. The van der Waals surface area contributed by atoms with Crippen LogP contribution in [0.15, 0.2) is 24.3 Å². The first-order chi connectivity index (χ1) is 9.12. The van der Waals surface area contributed by atoms with Crippen LogP contribution in [-0.4, -0.2) is 31.0 Å². The average molecular weight is 280 g/mol. The molecule has 0 bridgehead atoms. The Bertz CT molecular complexity index is 643. The Balaban J connectivity index is 1.56. The van der Waals surface area contributed by atoms with E-state index in [1.807, 2.05) is 24.3 Å². The Labute approximate surface area is 111 Å². The highest BCUT2D eigenvalue weighted by molar-refractivity contribution is 7.87. The molecular formula is C12H16N4O2S. The van der Waals surface area contributed by atoms with E-state index in [-0.39, 0.29) is 6.04 Å². The zero-order chi connectivity index (χ0) is 13.3. The molecule has 0 amide bonds. The molecule has 2 aromatic rings. The Morgan fingerprint density at radius 2 is 2.11 bits per heavy atom. The van der Waals surface area contributed by atoms with Gasteiger partial charge in [-0.15, -0.1) is 0 Å². The van der Waals surface area contributed by atoms with Crippen LogP contribution in [0.1, 0.15) is 18.7 Å². The minimum absolute atomic E-state index is 0.128. The van der Waals surface area contributed by atoms with E-state index in [9.17, 15) is 8.42 Å². The fourth-order valence-electron chi connectivity index (χ4n) is 1.89. The SMILES string of the molecule is O=S(=O)(NCCc1nc2ccccc2[nH]1)NC1CC1. The number of fused-ring (bicyclic) bond motifs is 1. The summed E-state index contributed by atoms with van der Waals surface area (Å²) in [6.45, 7) is 0.335. The van der Waals surface area contributed by atoms with Crippen molar-refractivity contribution < 1.29 is 8.42 Å². The van der Waals surface area contributed by atoms with Crippen molar-refractivity contribution in [1.29, 1.82) is 0 Å². The Morgan fingerprint density at radius 1 is 1.32 bits per heavy atom. The highest BCUT2D eigenvalue weighted by atomic mass is 32.2. The number of nitrogens with zero attached hydrogens (tertiary/aromatic N) is 1. The number of aromatic amines is 1. The lowest BCUT2D eigenvalue weighted by molar-refractivity contribution is 0.565. The average Bonchev–Trinajstić information content (AvgIpc) is 3.05. The van der Waals surface area contributed by atoms with Crippen molar-refractivity contribution in [2.24, 2.45) is 0 Å². The summed E-state index contributed by atoms with van der Waals surface area (Å²) >= 11 is 0. The van der Waals surface area contributed by atoms with Gasteiger partial charge in [-0.1, -0.05) is 12.1 Å². The van der Waals surface area contributed by atoms with Crippen molar-refractivity contribution in [2.75, 3.05) is 6.54 Å². The van der Waals surface area contributed by atoms with Gasteiger partial charge in [-0.2, -0.15) is 13.1 Å². The summed E-state index contributed by atoms with van der Waals surface area (Å²) < 4.78 is 28.3. The van der Waals surface area contributed by atoms with Crippen LogP contribution in [0.25, 0.3) is 11.0 Å². The molecule has 1 fully saturated rings. The number of imidazole rings is 1. The van der Waals surface area contributed by atoms with Crippen LogP contribution in [0.3, 0.4) is 0 Å². The number of H-pyrrole nitrogens is 1. The highest BCUT2D eigenvalue weighted by Crippen LogP contribution is 2.19. The fourth-order valence-corrected chi connectivity index (χ4v) is 3.02. The number of hydrogen-bond donors (Lipinski definition) is 3. The van der Waals surface area contributed by atoms with Crippen LogP contribution in [0.5, 0.6) is 0 Å². The number of hydrogen-bond acceptors (Lipinski definition) is 3. The van der Waals surface area contributed by atoms with E-state index in [1.54, 1.807) is 0 Å². The largest absolute Gasteiger partial charge is 0.342 e. The molecule has 0 atom stereocenters. The van der Waals surface area contributed by atoms with Gasteiger partial charge in [0.05, 0.1) is 11.0 Å². The van der Waals surface area contributed by atoms with Gasteiger partial charge in [0.25, 0.3) is 10.2 Å². The molecule has 1 aromatic heterocycles. The van der Waals surface area contributed by atoms with Crippen molar-refractivity contribution in [3.63, 3.8) is 0 Å². The predicted molar refractivity (Wildman–Crippen MR) is 72.9 cm³/mol. The maximum absolute atomic E-state index is 11.6. The van der Waals surface area contributed by atoms with Gasteiger partial charge in [-0.3, -0.25) is 0 Å². The summed E-state index contributed by atoms with van der Waals surface area (Å²) in [5.41, 5.74) is 1.87. The van der Waals surface area contributed by atoms with E-state index >= 15 is 0 Å². The smallest absolute Gasteiger partial charge is 0.277 e. The molecule has 6 nitrogen and oxygen atoms in total. The summed E-state index contributed by atoms with van der Waals surface area (Å²) in [4.78, 5) is 7.56. The minimum Gasteiger partial charge on any atom is -0.342 e. The highest BCUT2D eigenvalue weighted by Gasteiger charge is 2.26. The van der Waals surface area contributed by atoms with Gasteiger partial charge < -0.3 is 4.98 Å². The van der Waals surface area contributed by atoms with Crippen LogP contribution < -0.4 is 9.44 Å². The summed E-state index contributed by atoms with van der Waals surface area (Å²) in [6, 6.07) is 7.87. The second kappa shape index (κ2) is 4.92. The van der Waals surface area contributed by atoms with Gasteiger partial charge in [0.2, 0.25) is 0 Å². The molecule has 19 heavy (non-hydrogen) atoms. The first kappa shape index (κ1) is 12.6. The molecule has 0 unspecified atom stereocenters. The zero-order valence-corrected chi connectivity index (χ0v) is 11.2. The first-order valence-electron chi connectivity index (χ1n) is 6.33. The molecule has 7 heteroatoms. The maximum Gasteiger partial charge on any atom is 0.277 e. The van der Waals surface area contributed by atoms with Gasteiger partial charge in [0.1, 0.15) is 5.82 Å². The molecule has 1 aliphatic rings. The van der Waals surface area contributed by atoms with Crippen molar-refractivity contribution in [2.45, 2.75) is 25.3 Å². The molecule has 1 aliphatic carbocycles. The van der Waals surface area contributed by atoms with E-state index < -0.39 is 10.2 Å². The first-order valence-corrected chi connectivity index (χ1v) is 7.81. The van der Waals surface area contributed by atoms with Gasteiger partial charge in [0.15, 0.2) is 0 Å². The van der Waals surface area contributed by atoms with Crippen molar-refractivity contribution >= 4 is 21.2 Å². The van der Waals surface area contributed by atoms with E-state index in [0.717, 1.165) is 29.7 Å². The van der Waals surface area contributed by atoms with E-state index in [4.69, 9.17) is 0 Å². The van der Waals surface area contributed by atoms with Crippen LogP contribution >= 0.6 is 0 Å². The van der Waals surface area contributed by atoms with Gasteiger partial charge in [-0.05, 0) is 25.0 Å². The van der Waals surface area contributed by atoms with Crippen molar-refractivity contribution in [1.82, 2.24) is 19.4 Å². The lowest BCUT2D eigenvalue weighted by Gasteiger charge is -2.05. The predicted octanol–water partition coefficient (Wildman–Crippen LogP) is 0.692. The summed E-state index contributed by atoms with van der Waals surface area (Å²) in [5, 5.41) is 0. The Kier molecular flexibility index (Phi) is 3.26. The minimum atomic E-state index is -3.36. The lowest BCUT2D eigenvalue weighted by Crippen LogP contribution is -2.38. The number of benzene rings is 1. The number of rotatable bonds is 6. The third-order valence-electron chi connectivity index (χ3n) is 2.99. The number of aromatic nitrogens is 2. The second-order valence-electron chi connectivity index (χ2n) is 4.74. The molecule has 0 aliphatic heterocycles. The lowest BCUT2D eigenvalue weighted by atomic mass is 10.3. The van der Waals surface area contributed by atoms with Crippen LogP contribution in [0.2, 0.25) is 0 Å². The van der Waals surface area contributed by atoms with Crippen LogP contribution in [0.4, 0.5) is 0 Å². The quantitative estimate of drug-likeness (QED) is 0.727. The van der Waals surface area contributed by atoms with E-state index in [2.05, 4.69) is 19.4 Å². The molecule has 3 N–H and O–H groups in total. The molecular weight excluding hydrogens is 264 g/mol. The number of para-hydroxylation sites is 2. The third-order valence-corrected chi connectivity index (χ3v) is 4.22. The van der Waals surface area contributed by atoms with Crippen LogP contribution in [0, 0.1) is 0 Å². The van der Waals surface area contributed by atoms with E-state index in [1.165, 1.54) is 0 Å². The standard InChI is InChI=1S/C12H16N4O2S/c17-19(18,16-9-5-6-9)13-8-7-12-14-10-3-1-2-4-11(10)15-12/h1-4,9,13,16H,5-8H2,(H,14,15). The van der Waals surface area contributed by atoms with Gasteiger partial charge in [0, 0.05) is 19.0 Å². The third kappa shape index (κ3) is 3.31. The van der Waals surface area contributed by atoms with Crippen LogP contribution in [-0.2, 0) is 16.6 Å². The Morgan fingerprint density at radius 3 is 2.84 bits per heavy atom. The summed E-state index contributed by atoms with van der Waals surface area (Å²) in [7, 11) is -3.36. The van der Waals surface area contributed by atoms with E-state index in [0.29, 0.717) is 13.0 Å². The topological polar surface area (TPSA) is 86.9 Å². The molecule has 1 heterocycles. The summed E-state index contributed by atoms with van der Waals surface area (Å²) in [5.74, 6) is 0.787. The second-order valence-corrected chi connectivity index (χ2v) is 6.27.